The van der Waals surface area contributed by atoms with Crippen molar-refractivity contribution < 1.29 is 19.1 Å². The Morgan fingerprint density at radius 2 is 1.25 bits per heavy atom. The Kier molecular flexibility index (Phi) is 6.22. The monoisotopic (exact) mass is 368 g/mol. The molecule has 24 heavy (non-hydrogen) atoms. The lowest BCUT2D eigenvalue weighted by Crippen LogP contribution is -2.02. The van der Waals surface area contributed by atoms with Crippen LogP contribution in [0.3, 0.4) is 0 Å². The van der Waals surface area contributed by atoms with Gasteiger partial charge in [0.05, 0.1) is 25.3 Å². The summed E-state index contributed by atoms with van der Waals surface area (Å²) >= 11 is 2.83. The highest BCUT2D eigenvalue weighted by Crippen LogP contribution is 2.29. The number of aryl methyl sites for hydroxylation is 2. The van der Waals surface area contributed by atoms with Crippen LogP contribution in [0.4, 0.5) is 10.0 Å². The van der Waals surface area contributed by atoms with Crippen molar-refractivity contribution in [3.63, 3.8) is 0 Å². The Bertz CT molecular complexity index is 674. The molecule has 0 aliphatic rings. The van der Waals surface area contributed by atoms with Crippen LogP contribution >= 0.6 is 22.7 Å². The normalized spacial score (nSPS) is 10.6. The first-order valence-electron chi connectivity index (χ1n) is 7.39. The number of methoxy groups -OCH3 is 2. The molecule has 0 atom stereocenters. The Morgan fingerprint density at radius 3 is 1.58 bits per heavy atom. The van der Waals surface area contributed by atoms with Gasteiger partial charge in [-0.25, -0.2) is 9.59 Å². The van der Waals surface area contributed by atoms with Crippen LogP contribution in [0.15, 0.2) is 12.1 Å². The number of thiophene rings is 2. The van der Waals surface area contributed by atoms with Crippen LogP contribution in [-0.4, -0.2) is 26.2 Å². The van der Waals surface area contributed by atoms with E-state index in [4.69, 9.17) is 20.9 Å². The molecule has 0 aliphatic carbocycles. The van der Waals surface area contributed by atoms with E-state index in [1.54, 1.807) is 12.1 Å². The van der Waals surface area contributed by atoms with E-state index >= 15 is 0 Å². The number of esters is 2. The number of anilines is 2. The molecule has 0 unspecified atom stereocenters. The van der Waals surface area contributed by atoms with Gasteiger partial charge in [-0.15, -0.1) is 22.7 Å². The standard InChI is InChI=1S/C16H20N2O4S2/c1-21-15(19)11-7-9(23-13(11)17)5-3-4-6-10-8-12(14(18)24-10)16(20)22-2/h7-8H,3-6,17-18H2,1-2H3. The van der Waals surface area contributed by atoms with Crippen molar-refractivity contribution in [3.05, 3.63) is 33.0 Å². The predicted molar refractivity (Wildman–Crippen MR) is 96.8 cm³/mol. The SMILES string of the molecule is COC(=O)c1cc(CCCCc2cc(C(=O)OC)c(N)s2)sc1N. The van der Waals surface area contributed by atoms with E-state index < -0.39 is 11.9 Å². The number of rotatable bonds is 7. The number of carbonyl (C=O) groups is 2. The van der Waals surface area contributed by atoms with E-state index in [1.807, 2.05) is 0 Å². The maximum Gasteiger partial charge on any atom is 0.340 e. The van der Waals surface area contributed by atoms with Gasteiger partial charge in [-0.3, -0.25) is 0 Å². The molecule has 0 saturated carbocycles. The summed E-state index contributed by atoms with van der Waals surface area (Å²) in [6, 6.07) is 3.59. The van der Waals surface area contributed by atoms with Crippen molar-refractivity contribution in [2.75, 3.05) is 25.7 Å². The summed E-state index contributed by atoms with van der Waals surface area (Å²) in [6.45, 7) is 0. The predicted octanol–water partition coefficient (Wildman–Crippen LogP) is 3.11. The summed E-state index contributed by atoms with van der Waals surface area (Å²) in [7, 11) is 2.68. The van der Waals surface area contributed by atoms with Gasteiger partial charge in [0.15, 0.2) is 0 Å². The number of unbranched alkanes of at least 4 members (excludes halogenated alkanes) is 1. The molecule has 0 aromatic carbocycles. The second kappa shape index (κ2) is 8.16. The first-order chi connectivity index (χ1) is 11.5. The molecule has 0 aliphatic heterocycles. The van der Waals surface area contributed by atoms with Gasteiger partial charge in [0.25, 0.3) is 0 Å². The fourth-order valence-electron chi connectivity index (χ4n) is 2.30. The lowest BCUT2D eigenvalue weighted by molar-refractivity contribution is 0.0593. The second-order valence-corrected chi connectivity index (χ2v) is 7.51. The smallest absolute Gasteiger partial charge is 0.340 e. The third-order valence-corrected chi connectivity index (χ3v) is 5.58. The molecule has 8 heteroatoms. The van der Waals surface area contributed by atoms with Gasteiger partial charge in [0, 0.05) is 9.75 Å². The van der Waals surface area contributed by atoms with Crippen LogP contribution in [-0.2, 0) is 22.3 Å². The van der Waals surface area contributed by atoms with Crippen LogP contribution < -0.4 is 11.5 Å². The largest absolute Gasteiger partial charge is 0.465 e. The molecular formula is C16H20N2O4S2. The summed E-state index contributed by atoms with van der Waals surface area (Å²) < 4.78 is 9.39. The van der Waals surface area contributed by atoms with E-state index in [0.717, 1.165) is 35.4 Å². The maximum atomic E-state index is 11.5. The average Bonchev–Trinajstić information content (AvgIpc) is 3.12. The first kappa shape index (κ1) is 18.3. The molecule has 4 N–H and O–H groups in total. The topological polar surface area (TPSA) is 105 Å². The molecule has 2 heterocycles. The first-order valence-corrected chi connectivity index (χ1v) is 9.02. The van der Waals surface area contributed by atoms with Crippen molar-refractivity contribution in [1.82, 2.24) is 0 Å². The van der Waals surface area contributed by atoms with Crippen molar-refractivity contribution in [1.29, 1.82) is 0 Å². The van der Waals surface area contributed by atoms with Crippen LogP contribution in [0.1, 0.15) is 43.3 Å². The van der Waals surface area contributed by atoms with Crippen LogP contribution in [0.25, 0.3) is 0 Å². The van der Waals surface area contributed by atoms with Crippen molar-refractivity contribution >= 4 is 44.6 Å². The van der Waals surface area contributed by atoms with Gasteiger partial charge < -0.3 is 20.9 Å². The molecule has 0 spiro atoms. The van der Waals surface area contributed by atoms with E-state index in [1.165, 1.54) is 36.9 Å². The molecule has 0 amide bonds. The Morgan fingerprint density at radius 1 is 0.875 bits per heavy atom. The summed E-state index contributed by atoms with van der Waals surface area (Å²) in [5, 5.41) is 0.983. The zero-order valence-electron chi connectivity index (χ0n) is 13.6. The fraction of sp³-hybridized carbons (Fsp3) is 0.375. The van der Waals surface area contributed by atoms with Crippen LogP contribution in [0, 0.1) is 0 Å². The zero-order valence-corrected chi connectivity index (χ0v) is 15.2. The van der Waals surface area contributed by atoms with Gasteiger partial charge >= 0.3 is 11.9 Å². The third-order valence-electron chi connectivity index (χ3n) is 3.53. The molecule has 0 saturated heterocycles. The fourth-order valence-corrected chi connectivity index (χ4v) is 4.22. The number of carbonyl (C=O) groups excluding carboxylic acids is 2. The number of nitrogens with two attached hydrogens (primary N) is 2. The summed E-state index contributed by atoms with van der Waals surface area (Å²) in [6.07, 6.45) is 3.59. The molecule has 0 radical (unpaired) electrons. The summed E-state index contributed by atoms with van der Waals surface area (Å²) in [4.78, 5) is 25.2. The van der Waals surface area contributed by atoms with E-state index in [0.29, 0.717) is 21.1 Å². The van der Waals surface area contributed by atoms with Gasteiger partial charge in [-0.05, 0) is 37.8 Å². The van der Waals surface area contributed by atoms with Crippen molar-refractivity contribution in [2.24, 2.45) is 0 Å². The van der Waals surface area contributed by atoms with E-state index in [9.17, 15) is 9.59 Å². The molecule has 2 aromatic heterocycles. The molecule has 130 valence electrons. The zero-order chi connectivity index (χ0) is 17.7. The number of ether oxygens (including phenoxy) is 2. The molecule has 2 aromatic rings. The molecule has 0 bridgehead atoms. The van der Waals surface area contributed by atoms with E-state index in [-0.39, 0.29) is 0 Å². The Labute approximate surface area is 148 Å². The van der Waals surface area contributed by atoms with Gasteiger partial charge in [-0.2, -0.15) is 0 Å². The van der Waals surface area contributed by atoms with Crippen LogP contribution in [0.5, 0.6) is 0 Å². The Balaban J connectivity index is 1.85. The molecular weight excluding hydrogens is 348 g/mol. The number of hydrogen-bond acceptors (Lipinski definition) is 8. The third kappa shape index (κ3) is 4.27. The van der Waals surface area contributed by atoms with Gasteiger partial charge in [0.2, 0.25) is 0 Å². The van der Waals surface area contributed by atoms with Crippen LogP contribution in [0.2, 0.25) is 0 Å². The Hall–Kier alpha value is -2.06. The number of hydrogen-bond donors (Lipinski definition) is 2. The molecule has 2 rings (SSSR count). The maximum absolute atomic E-state index is 11.5. The molecule has 0 fully saturated rings. The minimum Gasteiger partial charge on any atom is -0.465 e. The highest BCUT2D eigenvalue weighted by Gasteiger charge is 2.15. The average molecular weight is 368 g/mol. The minimum atomic E-state index is -0.403. The van der Waals surface area contributed by atoms with Crippen molar-refractivity contribution in [2.45, 2.75) is 25.7 Å². The van der Waals surface area contributed by atoms with E-state index in [2.05, 4.69) is 0 Å². The lowest BCUT2D eigenvalue weighted by atomic mass is 10.1. The summed E-state index contributed by atoms with van der Waals surface area (Å²) in [5.41, 5.74) is 12.5. The lowest BCUT2D eigenvalue weighted by Gasteiger charge is -1.98. The second-order valence-electron chi connectivity index (χ2n) is 5.17. The van der Waals surface area contributed by atoms with Gasteiger partial charge in [0.1, 0.15) is 10.0 Å². The van der Waals surface area contributed by atoms with Crippen molar-refractivity contribution in [3.8, 4) is 0 Å². The minimum absolute atomic E-state index is 0.403. The molecule has 6 nitrogen and oxygen atoms in total. The highest BCUT2D eigenvalue weighted by atomic mass is 32.1. The summed E-state index contributed by atoms with van der Waals surface area (Å²) in [5.74, 6) is -0.807. The quantitative estimate of drug-likeness (QED) is 0.575. The highest BCUT2D eigenvalue weighted by molar-refractivity contribution is 7.16. The number of nitrogen functional groups attached to an aromatic ring is 2. The van der Waals surface area contributed by atoms with Gasteiger partial charge in [-0.1, -0.05) is 0 Å².